The van der Waals surface area contributed by atoms with Gasteiger partial charge >= 0.3 is 0 Å². The van der Waals surface area contributed by atoms with E-state index in [9.17, 15) is 20.4 Å². The van der Waals surface area contributed by atoms with Crippen LogP contribution in [0.5, 0.6) is 0 Å². The summed E-state index contributed by atoms with van der Waals surface area (Å²) in [5.74, 6) is -2.15. The molecule has 15 heavy (non-hydrogen) atoms. The van der Waals surface area contributed by atoms with Gasteiger partial charge in [0, 0.05) is 0 Å². The molecule has 1 fully saturated rings. The molecule has 0 aliphatic carbocycles. The van der Waals surface area contributed by atoms with Crippen LogP contribution in [0.15, 0.2) is 0 Å². The van der Waals surface area contributed by atoms with E-state index in [0.717, 1.165) is 6.92 Å². The van der Waals surface area contributed by atoms with Crippen molar-refractivity contribution in [2.75, 3.05) is 13.2 Å². The summed E-state index contributed by atoms with van der Waals surface area (Å²) in [6, 6.07) is 0. The Hall–Kier alpha value is -0.280. The summed E-state index contributed by atoms with van der Waals surface area (Å²) in [4.78, 5) is 0. The van der Waals surface area contributed by atoms with Gasteiger partial charge in [-0.3, -0.25) is 0 Å². The number of hydrogen-bond acceptors (Lipinski definition) is 7. The van der Waals surface area contributed by atoms with Gasteiger partial charge in [0.2, 0.25) is 0 Å². The van der Waals surface area contributed by atoms with E-state index in [4.69, 9.17) is 14.9 Å². The van der Waals surface area contributed by atoms with Gasteiger partial charge in [0.05, 0.1) is 13.2 Å². The molecule has 0 spiro atoms. The maximum absolute atomic E-state index is 9.56. The fourth-order valence-corrected chi connectivity index (χ4v) is 1.63. The summed E-state index contributed by atoms with van der Waals surface area (Å²) in [7, 11) is 0. The van der Waals surface area contributed by atoms with Crippen molar-refractivity contribution >= 4 is 0 Å². The third-order valence-corrected chi connectivity index (χ3v) is 2.68. The second-order valence-corrected chi connectivity index (χ2v) is 3.92. The molecule has 90 valence electrons. The molecule has 1 aliphatic heterocycles. The van der Waals surface area contributed by atoms with Crippen molar-refractivity contribution in [1.82, 2.24) is 0 Å². The van der Waals surface area contributed by atoms with Crippen LogP contribution in [0.4, 0.5) is 0 Å². The van der Waals surface area contributed by atoms with E-state index < -0.39 is 42.9 Å². The molecule has 0 aromatic carbocycles. The summed E-state index contributed by atoms with van der Waals surface area (Å²) < 4.78 is 4.85. The van der Waals surface area contributed by atoms with Gasteiger partial charge in [-0.1, -0.05) is 0 Å². The smallest absolute Gasteiger partial charge is 0.192 e. The summed E-state index contributed by atoms with van der Waals surface area (Å²) in [6.45, 7) is -0.540. The number of aliphatic hydroxyl groups excluding tert-OH is 5. The first kappa shape index (κ1) is 12.8. The van der Waals surface area contributed by atoms with Crippen molar-refractivity contribution in [3.8, 4) is 0 Å². The largest absolute Gasteiger partial charge is 0.393 e. The summed E-state index contributed by atoms with van der Waals surface area (Å²) >= 11 is 0. The first-order chi connectivity index (χ1) is 6.80. The minimum absolute atomic E-state index is 0.801. The highest BCUT2D eigenvalue weighted by molar-refractivity contribution is 5.02. The van der Waals surface area contributed by atoms with E-state index >= 15 is 0 Å². The van der Waals surface area contributed by atoms with Crippen LogP contribution in [0.25, 0.3) is 0 Å². The van der Waals surface area contributed by atoms with Gasteiger partial charge in [0.1, 0.15) is 23.9 Å². The minimum Gasteiger partial charge on any atom is -0.393 e. The predicted molar refractivity (Wildman–Crippen MR) is 46.6 cm³/mol. The second-order valence-electron chi connectivity index (χ2n) is 3.92. The molecule has 0 radical (unpaired) electrons. The molecule has 4 atom stereocenters. The molecular weight excluding hydrogens is 208 g/mol. The molecule has 1 saturated heterocycles. The Labute approximate surface area is 86.2 Å². The number of aliphatic hydroxyl groups is 6. The SMILES string of the molecule is C[C@@]1(O)OC(CO)(CO)[C@H](O)[C@H](O)[C@H]1O. The number of rotatable bonds is 2. The second kappa shape index (κ2) is 3.95. The van der Waals surface area contributed by atoms with Crippen molar-refractivity contribution in [2.24, 2.45) is 0 Å². The number of ether oxygens (including phenoxy) is 1. The van der Waals surface area contributed by atoms with Crippen molar-refractivity contribution in [2.45, 2.75) is 36.6 Å². The zero-order valence-electron chi connectivity index (χ0n) is 8.24. The average Bonchev–Trinajstić information content (AvgIpc) is 2.21. The number of hydrogen-bond donors (Lipinski definition) is 6. The lowest BCUT2D eigenvalue weighted by atomic mass is 9.84. The molecule has 1 rings (SSSR count). The van der Waals surface area contributed by atoms with E-state index in [0.29, 0.717) is 0 Å². The van der Waals surface area contributed by atoms with E-state index in [1.807, 2.05) is 0 Å². The molecule has 7 heteroatoms. The fraction of sp³-hybridized carbons (Fsp3) is 1.00. The lowest BCUT2D eigenvalue weighted by molar-refractivity contribution is -0.380. The molecule has 6 N–H and O–H groups in total. The molecule has 0 amide bonds. The molecular formula is C8H16O7. The van der Waals surface area contributed by atoms with E-state index in [-0.39, 0.29) is 0 Å². The maximum Gasteiger partial charge on any atom is 0.192 e. The van der Waals surface area contributed by atoms with Crippen molar-refractivity contribution in [3.63, 3.8) is 0 Å². The Bertz CT molecular complexity index is 225. The van der Waals surface area contributed by atoms with E-state index in [1.54, 1.807) is 0 Å². The zero-order chi connectivity index (χ0) is 11.9. The standard InChI is InChI=1S/C8H16O7/c1-7(14)5(12)4(11)6(13)8(2-9,3-10)15-7/h4-6,9-14H,2-3H2,1H3/t4-,5-,6-,7-/m1/s1. The topological polar surface area (TPSA) is 131 Å². The summed E-state index contributed by atoms with van der Waals surface area (Å²) in [6.07, 6.45) is -5.13. The summed E-state index contributed by atoms with van der Waals surface area (Å²) in [5.41, 5.74) is -1.89. The lowest BCUT2D eigenvalue weighted by Gasteiger charge is -2.49. The van der Waals surface area contributed by atoms with Crippen molar-refractivity contribution in [1.29, 1.82) is 0 Å². The highest BCUT2D eigenvalue weighted by Crippen LogP contribution is 2.34. The molecule has 0 unspecified atom stereocenters. The average molecular weight is 224 g/mol. The maximum atomic E-state index is 9.56. The highest BCUT2D eigenvalue weighted by atomic mass is 16.7. The molecule has 1 heterocycles. The highest BCUT2D eigenvalue weighted by Gasteiger charge is 2.57. The lowest BCUT2D eigenvalue weighted by Crippen LogP contribution is -2.71. The normalized spacial score (nSPS) is 45.4. The van der Waals surface area contributed by atoms with E-state index in [2.05, 4.69) is 0 Å². The molecule has 7 nitrogen and oxygen atoms in total. The van der Waals surface area contributed by atoms with Gasteiger partial charge in [-0.2, -0.15) is 0 Å². The van der Waals surface area contributed by atoms with Crippen LogP contribution in [0, 0.1) is 0 Å². The van der Waals surface area contributed by atoms with Gasteiger partial charge in [-0.05, 0) is 6.92 Å². The third kappa shape index (κ3) is 1.87. The molecule has 0 aromatic rings. The van der Waals surface area contributed by atoms with Gasteiger partial charge in [0.15, 0.2) is 5.79 Å². The van der Waals surface area contributed by atoms with Gasteiger partial charge in [-0.15, -0.1) is 0 Å². The molecule has 1 aliphatic rings. The Morgan fingerprint density at radius 3 is 1.93 bits per heavy atom. The first-order valence-electron chi connectivity index (χ1n) is 4.49. The third-order valence-electron chi connectivity index (χ3n) is 2.68. The van der Waals surface area contributed by atoms with Crippen LogP contribution < -0.4 is 0 Å². The molecule has 0 saturated carbocycles. The predicted octanol–water partition coefficient (Wildman–Crippen LogP) is -3.47. The van der Waals surface area contributed by atoms with Crippen LogP contribution in [0.3, 0.4) is 0 Å². The Morgan fingerprint density at radius 1 is 1.07 bits per heavy atom. The Balaban J connectivity index is 3.02. The zero-order valence-corrected chi connectivity index (χ0v) is 8.24. The van der Waals surface area contributed by atoms with Gasteiger partial charge < -0.3 is 35.4 Å². The van der Waals surface area contributed by atoms with Crippen LogP contribution in [-0.2, 0) is 4.74 Å². The first-order valence-corrected chi connectivity index (χ1v) is 4.49. The van der Waals surface area contributed by atoms with Crippen LogP contribution in [-0.4, -0.2) is 73.6 Å². The Morgan fingerprint density at radius 2 is 1.53 bits per heavy atom. The van der Waals surface area contributed by atoms with E-state index in [1.165, 1.54) is 0 Å². The van der Waals surface area contributed by atoms with Crippen molar-refractivity contribution in [3.05, 3.63) is 0 Å². The van der Waals surface area contributed by atoms with Gasteiger partial charge in [-0.25, -0.2) is 0 Å². The Kier molecular flexibility index (Phi) is 3.36. The quantitative estimate of drug-likeness (QED) is 0.287. The minimum atomic E-state index is -2.15. The monoisotopic (exact) mass is 224 g/mol. The van der Waals surface area contributed by atoms with Crippen molar-refractivity contribution < 1.29 is 35.4 Å². The fourth-order valence-electron chi connectivity index (χ4n) is 1.63. The van der Waals surface area contributed by atoms with Gasteiger partial charge in [0.25, 0.3) is 0 Å². The summed E-state index contributed by atoms with van der Waals surface area (Å²) in [5, 5.41) is 55.9. The molecule has 0 aromatic heterocycles. The van der Waals surface area contributed by atoms with Crippen LogP contribution >= 0.6 is 0 Å². The van der Waals surface area contributed by atoms with Crippen LogP contribution in [0.1, 0.15) is 6.92 Å². The van der Waals surface area contributed by atoms with Crippen LogP contribution in [0.2, 0.25) is 0 Å². The molecule has 0 bridgehead atoms.